The molecule has 0 atom stereocenters. The molecule has 1 aromatic rings. The van der Waals surface area contributed by atoms with Gasteiger partial charge in [0.15, 0.2) is 0 Å². The Balaban J connectivity index is 2.59. The van der Waals surface area contributed by atoms with Crippen LogP contribution in [0.5, 0.6) is 0 Å². The second kappa shape index (κ2) is 5.41. The van der Waals surface area contributed by atoms with E-state index in [-0.39, 0.29) is 5.41 Å². The van der Waals surface area contributed by atoms with Gasteiger partial charge in [0, 0.05) is 23.4 Å². The molecule has 0 radical (unpaired) electrons. The molecule has 0 aliphatic rings. The SMILES string of the molecule is Cc1ccsc1C(C)(C)CNCC(C)(C)C(=O)O. The Morgan fingerprint density at radius 1 is 1.33 bits per heavy atom. The lowest BCUT2D eigenvalue weighted by Crippen LogP contribution is -2.41. The van der Waals surface area contributed by atoms with E-state index in [4.69, 9.17) is 5.11 Å². The summed E-state index contributed by atoms with van der Waals surface area (Å²) in [6.45, 7) is 11.2. The number of carboxylic acids is 1. The zero-order valence-electron chi connectivity index (χ0n) is 11.8. The van der Waals surface area contributed by atoms with Crippen molar-refractivity contribution in [2.45, 2.75) is 40.0 Å². The van der Waals surface area contributed by atoms with E-state index in [0.29, 0.717) is 6.54 Å². The number of carbonyl (C=O) groups is 1. The summed E-state index contributed by atoms with van der Waals surface area (Å²) in [5.41, 5.74) is 0.622. The van der Waals surface area contributed by atoms with E-state index in [0.717, 1.165) is 6.54 Å². The maximum absolute atomic E-state index is 11.0. The Morgan fingerprint density at radius 3 is 2.39 bits per heavy atom. The van der Waals surface area contributed by atoms with E-state index in [1.165, 1.54) is 10.4 Å². The van der Waals surface area contributed by atoms with Crippen LogP contribution in [0.1, 0.15) is 38.1 Å². The number of hydrogen-bond acceptors (Lipinski definition) is 3. The quantitative estimate of drug-likeness (QED) is 0.834. The standard InChI is InChI=1S/C14H23NO2S/c1-10-6-7-18-11(10)13(2,3)8-15-9-14(4,5)12(16)17/h6-7,15H,8-9H2,1-5H3,(H,16,17). The molecule has 2 N–H and O–H groups in total. The maximum Gasteiger partial charge on any atom is 0.310 e. The highest BCUT2D eigenvalue weighted by Crippen LogP contribution is 2.30. The van der Waals surface area contributed by atoms with Crippen LogP contribution >= 0.6 is 11.3 Å². The first-order chi connectivity index (χ1) is 8.17. The largest absolute Gasteiger partial charge is 0.481 e. The van der Waals surface area contributed by atoms with Crippen molar-refractivity contribution in [1.82, 2.24) is 5.32 Å². The molecule has 0 spiro atoms. The molecule has 0 amide bonds. The predicted octanol–water partition coefficient (Wildman–Crippen LogP) is 3.03. The first-order valence-electron chi connectivity index (χ1n) is 6.15. The van der Waals surface area contributed by atoms with Gasteiger partial charge in [-0.2, -0.15) is 0 Å². The zero-order chi connectivity index (χ0) is 14.0. The van der Waals surface area contributed by atoms with Gasteiger partial charge in [-0.3, -0.25) is 4.79 Å². The molecule has 1 rings (SSSR count). The summed E-state index contributed by atoms with van der Waals surface area (Å²) < 4.78 is 0. The van der Waals surface area contributed by atoms with Gasteiger partial charge in [0.25, 0.3) is 0 Å². The topological polar surface area (TPSA) is 49.3 Å². The van der Waals surface area contributed by atoms with Crippen molar-refractivity contribution < 1.29 is 9.90 Å². The predicted molar refractivity (Wildman–Crippen MR) is 76.4 cm³/mol. The second-order valence-corrected chi connectivity index (χ2v) is 7.03. The van der Waals surface area contributed by atoms with Crippen LogP contribution in [-0.2, 0) is 10.2 Å². The van der Waals surface area contributed by atoms with Crippen LogP contribution in [0.25, 0.3) is 0 Å². The molecule has 0 aliphatic carbocycles. The molecule has 0 saturated heterocycles. The minimum atomic E-state index is -0.764. The molecule has 1 aromatic heterocycles. The number of aliphatic carboxylic acids is 1. The van der Waals surface area contributed by atoms with Crippen molar-refractivity contribution in [3.63, 3.8) is 0 Å². The summed E-state index contributed by atoms with van der Waals surface area (Å²) in [5, 5.41) is 14.5. The lowest BCUT2D eigenvalue weighted by Gasteiger charge is -2.27. The lowest BCUT2D eigenvalue weighted by atomic mass is 9.88. The molecule has 18 heavy (non-hydrogen) atoms. The third-order valence-electron chi connectivity index (χ3n) is 3.19. The number of aryl methyl sites for hydroxylation is 1. The molecule has 0 bridgehead atoms. The van der Waals surface area contributed by atoms with Gasteiger partial charge in [-0.15, -0.1) is 11.3 Å². The third kappa shape index (κ3) is 3.56. The van der Waals surface area contributed by atoms with Crippen molar-refractivity contribution in [2.24, 2.45) is 5.41 Å². The number of thiophene rings is 1. The van der Waals surface area contributed by atoms with E-state index in [1.54, 1.807) is 25.2 Å². The van der Waals surface area contributed by atoms with E-state index >= 15 is 0 Å². The van der Waals surface area contributed by atoms with Crippen LogP contribution in [0.15, 0.2) is 11.4 Å². The number of nitrogens with one attached hydrogen (secondary N) is 1. The molecule has 1 heterocycles. The van der Waals surface area contributed by atoms with Crippen LogP contribution in [0.2, 0.25) is 0 Å². The molecule has 3 nitrogen and oxygen atoms in total. The van der Waals surface area contributed by atoms with Crippen molar-refractivity contribution in [1.29, 1.82) is 0 Å². The summed E-state index contributed by atoms with van der Waals surface area (Å²) in [6.07, 6.45) is 0. The average molecular weight is 269 g/mol. The van der Waals surface area contributed by atoms with Crippen LogP contribution < -0.4 is 5.32 Å². The fraction of sp³-hybridized carbons (Fsp3) is 0.643. The van der Waals surface area contributed by atoms with Crippen molar-refractivity contribution >= 4 is 17.3 Å². The highest BCUT2D eigenvalue weighted by atomic mass is 32.1. The van der Waals surface area contributed by atoms with Gasteiger partial charge < -0.3 is 10.4 Å². The summed E-state index contributed by atoms with van der Waals surface area (Å²) in [4.78, 5) is 12.4. The fourth-order valence-corrected chi connectivity index (χ4v) is 2.96. The van der Waals surface area contributed by atoms with Crippen LogP contribution in [0.3, 0.4) is 0 Å². The molecule has 102 valence electrons. The minimum absolute atomic E-state index is 0.0346. The summed E-state index contributed by atoms with van der Waals surface area (Å²) in [5.74, 6) is -0.764. The monoisotopic (exact) mass is 269 g/mol. The van der Waals surface area contributed by atoms with Gasteiger partial charge in [0.05, 0.1) is 5.41 Å². The van der Waals surface area contributed by atoms with Gasteiger partial charge in [-0.1, -0.05) is 13.8 Å². The van der Waals surface area contributed by atoms with Gasteiger partial charge in [-0.05, 0) is 37.8 Å². The summed E-state index contributed by atoms with van der Waals surface area (Å²) in [7, 11) is 0. The van der Waals surface area contributed by atoms with Crippen LogP contribution in [0.4, 0.5) is 0 Å². The maximum atomic E-state index is 11.0. The van der Waals surface area contributed by atoms with Gasteiger partial charge >= 0.3 is 5.97 Å². The first-order valence-corrected chi connectivity index (χ1v) is 7.03. The molecular weight excluding hydrogens is 246 g/mol. The molecule has 4 heteroatoms. The zero-order valence-corrected chi connectivity index (χ0v) is 12.6. The van der Waals surface area contributed by atoms with E-state index < -0.39 is 11.4 Å². The average Bonchev–Trinajstić information content (AvgIpc) is 2.64. The first kappa shape index (κ1) is 15.2. The van der Waals surface area contributed by atoms with Crippen LogP contribution in [0, 0.1) is 12.3 Å². The van der Waals surface area contributed by atoms with Crippen molar-refractivity contribution in [3.8, 4) is 0 Å². The van der Waals surface area contributed by atoms with E-state index in [1.807, 2.05) is 0 Å². The minimum Gasteiger partial charge on any atom is -0.481 e. The molecule has 0 unspecified atom stereocenters. The summed E-state index contributed by atoms with van der Waals surface area (Å²) >= 11 is 1.76. The number of carboxylic acid groups (broad SMARTS) is 1. The normalized spacial score (nSPS) is 12.7. The van der Waals surface area contributed by atoms with Gasteiger partial charge in [0.2, 0.25) is 0 Å². The van der Waals surface area contributed by atoms with E-state index in [2.05, 4.69) is 37.5 Å². The number of hydrogen-bond donors (Lipinski definition) is 2. The van der Waals surface area contributed by atoms with Gasteiger partial charge in [0.1, 0.15) is 0 Å². The highest BCUT2D eigenvalue weighted by Gasteiger charge is 2.29. The smallest absolute Gasteiger partial charge is 0.310 e. The Hall–Kier alpha value is -0.870. The van der Waals surface area contributed by atoms with Gasteiger partial charge in [-0.25, -0.2) is 0 Å². The molecule has 0 aromatic carbocycles. The van der Waals surface area contributed by atoms with Crippen molar-refractivity contribution in [3.05, 3.63) is 21.9 Å². The Labute approximate surface area is 113 Å². The molecular formula is C14H23NO2S. The molecule has 0 fully saturated rings. The highest BCUT2D eigenvalue weighted by molar-refractivity contribution is 7.10. The summed E-state index contributed by atoms with van der Waals surface area (Å²) in [6, 6.07) is 2.13. The fourth-order valence-electron chi connectivity index (χ4n) is 1.91. The number of rotatable bonds is 6. The van der Waals surface area contributed by atoms with Crippen LogP contribution in [-0.4, -0.2) is 24.2 Å². The third-order valence-corrected chi connectivity index (χ3v) is 4.57. The second-order valence-electron chi connectivity index (χ2n) is 6.11. The molecule has 0 aliphatic heterocycles. The van der Waals surface area contributed by atoms with Crippen molar-refractivity contribution in [2.75, 3.05) is 13.1 Å². The Kier molecular flexibility index (Phi) is 4.56. The molecule has 0 saturated carbocycles. The van der Waals surface area contributed by atoms with E-state index in [9.17, 15) is 4.79 Å². The Morgan fingerprint density at radius 2 is 1.94 bits per heavy atom. The lowest BCUT2D eigenvalue weighted by molar-refractivity contribution is -0.146. The Bertz CT molecular complexity index is 421.